The fourth-order valence-electron chi connectivity index (χ4n) is 2.47. The Morgan fingerprint density at radius 1 is 1.40 bits per heavy atom. The maximum atomic E-state index is 11.8. The minimum atomic E-state index is -0.0695. The molecule has 0 saturated carbocycles. The van der Waals surface area contributed by atoms with Crippen LogP contribution in [-0.2, 0) is 9.53 Å². The standard InChI is InChI=1S/C16H24N2O2/c17-15(14-6-2-1-3-7-14)8-9-16(19)18-11-13-5-4-10-20-12-13/h1-3,6-7,13,15H,4-5,8-12,17H2,(H,18,19). The summed E-state index contributed by atoms with van der Waals surface area (Å²) in [5.41, 5.74) is 7.17. The predicted octanol–water partition coefficient (Wildman–Crippen LogP) is 2.01. The van der Waals surface area contributed by atoms with E-state index in [2.05, 4.69) is 5.32 Å². The summed E-state index contributed by atoms with van der Waals surface area (Å²) in [5.74, 6) is 0.553. The smallest absolute Gasteiger partial charge is 0.220 e. The zero-order valence-corrected chi connectivity index (χ0v) is 11.9. The largest absolute Gasteiger partial charge is 0.381 e. The highest BCUT2D eigenvalue weighted by atomic mass is 16.5. The molecule has 3 N–H and O–H groups in total. The van der Waals surface area contributed by atoms with E-state index in [0.29, 0.717) is 18.8 Å². The highest BCUT2D eigenvalue weighted by molar-refractivity contribution is 5.75. The normalized spacial score (nSPS) is 20.4. The Hall–Kier alpha value is -1.39. The number of amides is 1. The van der Waals surface area contributed by atoms with Crippen molar-refractivity contribution in [3.05, 3.63) is 35.9 Å². The summed E-state index contributed by atoms with van der Waals surface area (Å²) >= 11 is 0. The third kappa shape index (κ3) is 4.94. The number of rotatable bonds is 6. The molecule has 1 aromatic rings. The van der Waals surface area contributed by atoms with E-state index in [-0.39, 0.29) is 11.9 Å². The molecular weight excluding hydrogens is 252 g/mol. The zero-order valence-electron chi connectivity index (χ0n) is 11.9. The number of carbonyl (C=O) groups excluding carboxylic acids is 1. The van der Waals surface area contributed by atoms with Crippen LogP contribution in [0.25, 0.3) is 0 Å². The van der Waals surface area contributed by atoms with E-state index in [1.54, 1.807) is 0 Å². The van der Waals surface area contributed by atoms with Gasteiger partial charge in [0.05, 0.1) is 6.61 Å². The molecule has 0 radical (unpaired) electrons. The lowest BCUT2D eigenvalue weighted by atomic mass is 10.0. The van der Waals surface area contributed by atoms with E-state index in [4.69, 9.17) is 10.5 Å². The van der Waals surface area contributed by atoms with Gasteiger partial charge < -0.3 is 15.8 Å². The first-order valence-corrected chi connectivity index (χ1v) is 7.40. The van der Waals surface area contributed by atoms with Crippen molar-refractivity contribution in [3.8, 4) is 0 Å². The Morgan fingerprint density at radius 3 is 2.90 bits per heavy atom. The Labute approximate surface area is 120 Å². The molecule has 110 valence electrons. The van der Waals surface area contributed by atoms with Crippen LogP contribution in [0, 0.1) is 5.92 Å². The van der Waals surface area contributed by atoms with Crippen LogP contribution in [0.1, 0.15) is 37.3 Å². The lowest BCUT2D eigenvalue weighted by Crippen LogP contribution is -2.33. The van der Waals surface area contributed by atoms with Gasteiger partial charge in [0.2, 0.25) is 5.91 Å². The fraction of sp³-hybridized carbons (Fsp3) is 0.562. The van der Waals surface area contributed by atoms with Gasteiger partial charge in [0.1, 0.15) is 0 Å². The van der Waals surface area contributed by atoms with Gasteiger partial charge in [0, 0.05) is 25.6 Å². The minimum absolute atomic E-state index is 0.0695. The van der Waals surface area contributed by atoms with Crippen LogP contribution in [-0.4, -0.2) is 25.7 Å². The van der Waals surface area contributed by atoms with Crippen molar-refractivity contribution in [1.82, 2.24) is 5.32 Å². The molecule has 4 nitrogen and oxygen atoms in total. The summed E-state index contributed by atoms with van der Waals surface area (Å²) in [6.07, 6.45) is 3.39. The monoisotopic (exact) mass is 276 g/mol. The van der Waals surface area contributed by atoms with Gasteiger partial charge in [-0.3, -0.25) is 4.79 Å². The molecule has 2 atom stereocenters. The van der Waals surface area contributed by atoms with Gasteiger partial charge in [0.15, 0.2) is 0 Å². The first kappa shape index (κ1) is 15.0. The molecule has 1 saturated heterocycles. The molecule has 1 heterocycles. The summed E-state index contributed by atoms with van der Waals surface area (Å²) in [5, 5.41) is 2.98. The molecule has 0 bridgehead atoms. The zero-order chi connectivity index (χ0) is 14.2. The Kier molecular flexibility index (Phi) is 6.02. The molecule has 20 heavy (non-hydrogen) atoms. The Morgan fingerprint density at radius 2 is 2.20 bits per heavy atom. The molecule has 0 spiro atoms. The lowest BCUT2D eigenvalue weighted by Gasteiger charge is -2.22. The summed E-state index contributed by atoms with van der Waals surface area (Å²) in [6, 6.07) is 9.84. The molecule has 0 aliphatic carbocycles. The van der Waals surface area contributed by atoms with Crippen molar-refractivity contribution >= 4 is 5.91 Å². The number of carbonyl (C=O) groups is 1. The quantitative estimate of drug-likeness (QED) is 0.835. The van der Waals surface area contributed by atoms with Crippen LogP contribution in [0.3, 0.4) is 0 Å². The predicted molar refractivity (Wildman–Crippen MR) is 79.2 cm³/mol. The molecular formula is C16H24N2O2. The molecule has 1 aliphatic rings. The van der Waals surface area contributed by atoms with Gasteiger partial charge in [-0.05, 0) is 30.7 Å². The topological polar surface area (TPSA) is 64.4 Å². The number of hydrogen-bond acceptors (Lipinski definition) is 3. The SMILES string of the molecule is NC(CCC(=O)NCC1CCCOC1)c1ccccc1. The molecule has 1 fully saturated rings. The number of hydrogen-bond donors (Lipinski definition) is 2. The maximum Gasteiger partial charge on any atom is 0.220 e. The highest BCUT2D eigenvalue weighted by Gasteiger charge is 2.15. The number of nitrogens with one attached hydrogen (secondary N) is 1. The second-order valence-corrected chi connectivity index (χ2v) is 5.44. The first-order valence-electron chi connectivity index (χ1n) is 7.40. The van der Waals surface area contributed by atoms with Crippen LogP contribution in [0.5, 0.6) is 0 Å². The molecule has 1 aliphatic heterocycles. The van der Waals surface area contributed by atoms with Gasteiger partial charge in [-0.2, -0.15) is 0 Å². The first-order chi connectivity index (χ1) is 9.75. The summed E-state index contributed by atoms with van der Waals surface area (Å²) in [7, 11) is 0. The summed E-state index contributed by atoms with van der Waals surface area (Å²) in [4.78, 5) is 11.8. The van der Waals surface area contributed by atoms with Crippen molar-refractivity contribution in [2.75, 3.05) is 19.8 Å². The Bertz CT molecular complexity index is 402. The molecule has 4 heteroatoms. The van der Waals surface area contributed by atoms with Crippen molar-refractivity contribution in [1.29, 1.82) is 0 Å². The fourth-order valence-corrected chi connectivity index (χ4v) is 2.47. The average Bonchev–Trinajstić information content (AvgIpc) is 2.52. The number of ether oxygens (including phenoxy) is 1. The number of benzene rings is 1. The van der Waals surface area contributed by atoms with Crippen molar-refractivity contribution < 1.29 is 9.53 Å². The molecule has 2 unspecified atom stereocenters. The summed E-state index contributed by atoms with van der Waals surface area (Å²) < 4.78 is 5.40. The average molecular weight is 276 g/mol. The second-order valence-electron chi connectivity index (χ2n) is 5.44. The molecule has 1 amide bonds. The van der Waals surface area contributed by atoms with Gasteiger partial charge >= 0.3 is 0 Å². The number of nitrogens with two attached hydrogens (primary N) is 1. The van der Waals surface area contributed by atoms with Crippen molar-refractivity contribution in [3.63, 3.8) is 0 Å². The minimum Gasteiger partial charge on any atom is -0.381 e. The molecule has 0 aromatic heterocycles. The van der Waals surface area contributed by atoms with Gasteiger partial charge in [-0.25, -0.2) is 0 Å². The van der Waals surface area contributed by atoms with Crippen LogP contribution in [0.2, 0.25) is 0 Å². The third-order valence-electron chi connectivity index (χ3n) is 3.75. The van der Waals surface area contributed by atoms with Gasteiger partial charge in [-0.15, -0.1) is 0 Å². The van der Waals surface area contributed by atoms with E-state index >= 15 is 0 Å². The van der Waals surface area contributed by atoms with Crippen LogP contribution < -0.4 is 11.1 Å². The van der Waals surface area contributed by atoms with Crippen molar-refractivity contribution in [2.45, 2.75) is 31.7 Å². The third-order valence-corrected chi connectivity index (χ3v) is 3.75. The second kappa shape index (κ2) is 8.02. The van der Waals surface area contributed by atoms with E-state index in [1.807, 2.05) is 30.3 Å². The highest BCUT2D eigenvalue weighted by Crippen LogP contribution is 2.15. The Balaban J connectivity index is 1.64. The van der Waals surface area contributed by atoms with E-state index in [1.165, 1.54) is 0 Å². The van der Waals surface area contributed by atoms with Crippen molar-refractivity contribution in [2.24, 2.45) is 11.7 Å². The molecule has 2 rings (SSSR count). The van der Waals surface area contributed by atoms with E-state index in [0.717, 1.165) is 38.2 Å². The van der Waals surface area contributed by atoms with Gasteiger partial charge in [-0.1, -0.05) is 30.3 Å². The van der Waals surface area contributed by atoms with E-state index in [9.17, 15) is 4.79 Å². The van der Waals surface area contributed by atoms with Crippen LogP contribution in [0.15, 0.2) is 30.3 Å². The maximum absolute atomic E-state index is 11.8. The summed E-state index contributed by atoms with van der Waals surface area (Å²) in [6.45, 7) is 2.35. The van der Waals surface area contributed by atoms with E-state index < -0.39 is 0 Å². The van der Waals surface area contributed by atoms with Crippen LogP contribution in [0.4, 0.5) is 0 Å². The van der Waals surface area contributed by atoms with Gasteiger partial charge in [0.25, 0.3) is 0 Å². The molecule has 1 aromatic carbocycles. The lowest BCUT2D eigenvalue weighted by molar-refractivity contribution is -0.121. The van der Waals surface area contributed by atoms with Crippen LogP contribution >= 0.6 is 0 Å².